The average molecular weight is 352 g/mol. The molecule has 0 saturated heterocycles. The van der Waals surface area contributed by atoms with Crippen LogP contribution in [0.3, 0.4) is 0 Å². The van der Waals surface area contributed by atoms with Crippen LogP contribution in [0.25, 0.3) is 0 Å². The Hall–Kier alpha value is -1.59. The van der Waals surface area contributed by atoms with Gasteiger partial charge >= 0.3 is 0 Å². The summed E-state index contributed by atoms with van der Waals surface area (Å²) in [4.78, 5) is 24.5. The Morgan fingerprint density at radius 1 is 1.33 bits per heavy atom. The number of carbonyl (C=O) groups is 2. The van der Waals surface area contributed by atoms with E-state index in [1.807, 2.05) is 20.8 Å². The molecule has 0 bridgehead atoms. The van der Waals surface area contributed by atoms with E-state index in [4.69, 9.17) is 17.3 Å². The second-order valence-electron chi connectivity index (χ2n) is 7.63. The van der Waals surface area contributed by atoms with Crippen molar-refractivity contribution in [3.8, 4) is 0 Å². The lowest BCUT2D eigenvalue weighted by atomic mass is 9.92. The van der Waals surface area contributed by atoms with Crippen molar-refractivity contribution in [2.75, 3.05) is 11.9 Å². The number of nitrogens with two attached hydrogens (primary N) is 1. The second-order valence-corrected chi connectivity index (χ2v) is 8.04. The van der Waals surface area contributed by atoms with E-state index < -0.39 is 0 Å². The van der Waals surface area contributed by atoms with Crippen LogP contribution in [0.1, 0.15) is 50.4 Å². The van der Waals surface area contributed by atoms with E-state index in [1.165, 1.54) is 0 Å². The topological polar surface area (TPSA) is 84.2 Å². The summed E-state index contributed by atoms with van der Waals surface area (Å²) < 4.78 is 0. The fraction of sp³-hybridized carbons (Fsp3) is 0.556. The molecule has 2 amide bonds. The Morgan fingerprint density at radius 2 is 2.00 bits per heavy atom. The van der Waals surface area contributed by atoms with Crippen LogP contribution in [-0.2, 0) is 4.79 Å². The number of carbonyl (C=O) groups excluding carboxylic acids is 2. The third-order valence-electron chi connectivity index (χ3n) is 3.95. The molecule has 1 fully saturated rings. The molecule has 1 aliphatic rings. The summed E-state index contributed by atoms with van der Waals surface area (Å²) in [5.41, 5.74) is 6.54. The van der Waals surface area contributed by atoms with Crippen molar-refractivity contribution in [1.29, 1.82) is 0 Å². The van der Waals surface area contributed by atoms with Gasteiger partial charge in [0.25, 0.3) is 5.91 Å². The molecule has 0 spiro atoms. The number of nitrogens with one attached hydrogen (secondary N) is 2. The number of rotatable bonds is 6. The lowest BCUT2D eigenvalue weighted by Gasteiger charge is -2.18. The van der Waals surface area contributed by atoms with Crippen molar-refractivity contribution < 1.29 is 9.59 Å². The summed E-state index contributed by atoms with van der Waals surface area (Å²) >= 11 is 6.15. The minimum atomic E-state index is -0.255. The molecule has 1 aromatic carbocycles. The normalized spacial score (nSPS) is 15.7. The SMILES string of the molecule is CC(C)(C)CC(=O)Nc1ccc(Cl)c(C(=O)NC(CN)C2CC2)c1. The minimum Gasteiger partial charge on any atom is -0.348 e. The van der Waals surface area contributed by atoms with Crippen LogP contribution in [-0.4, -0.2) is 24.4 Å². The highest BCUT2D eigenvalue weighted by atomic mass is 35.5. The molecule has 24 heavy (non-hydrogen) atoms. The first-order chi connectivity index (χ1) is 11.2. The van der Waals surface area contributed by atoms with Gasteiger partial charge in [-0.05, 0) is 42.4 Å². The first-order valence-corrected chi connectivity index (χ1v) is 8.68. The molecule has 6 heteroatoms. The van der Waals surface area contributed by atoms with E-state index >= 15 is 0 Å². The highest BCUT2D eigenvalue weighted by Crippen LogP contribution is 2.32. The maximum atomic E-state index is 12.5. The van der Waals surface area contributed by atoms with E-state index in [-0.39, 0.29) is 23.3 Å². The Balaban J connectivity index is 2.07. The summed E-state index contributed by atoms with van der Waals surface area (Å²) in [5.74, 6) is 0.121. The summed E-state index contributed by atoms with van der Waals surface area (Å²) in [6.07, 6.45) is 2.59. The quantitative estimate of drug-likeness (QED) is 0.735. The lowest BCUT2D eigenvalue weighted by Crippen LogP contribution is -2.41. The molecular weight excluding hydrogens is 326 g/mol. The van der Waals surface area contributed by atoms with Crippen molar-refractivity contribution >= 4 is 29.1 Å². The second kappa shape index (κ2) is 7.53. The Morgan fingerprint density at radius 3 is 2.54 bits per heavy atom. The zero-order valence-electron chi connectivity index (χ0n) is 14.5. The van der Waals surface area contributed by atoms with Gasteiger partial charge in [0.15, 0.2) is 0 Å². The molecule has 0 aliphatic heterocycles. The van der Waals surface area contributed by atoms with E-state index in [0.29, 0.717) is 35.2 Å². The summed E-state index contributed by atoms with van der Waals surface area (Å²) in [6, 6.07) is 4.91. The molecule has 1 atom stereocenters. The van der Waals surface area contributed by atoms with Gasteiger partial charge in [0.2, 0.25) is 5.91 Å². The van der Waals surface area contributed by atoms with Crippen molar-refractivity contribution in [2.24, 2.45) is 17.1 Å². The summed E-state index contributed by atoms with van der Waals surface area (Å²) in [5, 5.41) is 6.12. The molecule has 132 valence electrons. The van der Waals surface area contributed by atoms with Gasteiger partial charge < -0.3 is 16.4 Å². The molecule has 2 rings (SSSR count). The van der Waals surface area contributed by atoms with Crippen LogP contribution >= 0.6 is 11.6 Å². The Bertz CT molecular complexity index is 621. The van der Waals surface area contributed by atoms with E-state index in [0.717, 1.165) is 12.8 Å². The number of anilines is 1. The molecule has 4 N–H and O–H groups in total. The van der Waals surface area contributed by atoms with Gasteiger partial charge in [-0.3, -0.25) is 9.59 Å². The molecule has 1 unspecified atom stereocenters. The number of hydrogen-bond acceptors (Lipinski definition) is 3. The monoisotopic (exact) mass is 351 g/mol. The molecule has 0 radical (unpaired) electrons. The number of hydrogen-bond donors (Lipinski definition) is 3. The minimum absolute atomic E-state index is 0.0206. The molecule has 0 heterocycles. The predicted molar refractivity (Wildman–Crippen MR) is 97.2 cm³/mol. The van der Waals surface area contributed by atoms with Crippen LogP contribution < -0.4 is 16.4 Å². The summed E-state index contributed by atoms with van der Waals surface area (Å²) in [6.45, 7) is 6.41. The largest absolute Gasteiger partial charge is 0.348 e. The third-order valence-corrected chi connectivity index (χ3v) is 4.28. The molecule has 1 aliphatic carbocycles. The number of benzene rings is 1. The zero-order chi connectivity index (χ0) is 17.9. The van der Waals surface area contributed by atoms with Gasteiger partial charge in [-0.2, -0.15) is 0 Å². The van der Waals surface area contributed by atoms with Crippen molar-refractivity contribution in [3.05, 3.63) is 28.8 Å². The molecule has 5 nitrogen and oxygen atoms in total. The molecule has 0 aromatic heterocycles. The smallest absolute Gasteiger partial charge is 0.253 e. The third kappa shape index (κ3) is 5.49. The van der Waals surface area contributed by atoms with Gasteiger partial charge in [0.05, 0.1) is 10.6 Å². The van der Waals surface area contributed by atoms with Gasteiger partial charge in [0, 0.05) is 24.7 Å². The molecule has 1 aromatic rings. The molecular formula is C18H26ClN3O2. The van der Waals surface area contributed by atoms with Crippen LogP contribution in [0, 0.1) is 11.3 Å². The number of amides is 2. The zero-order valence-corrected chi connectivity index (χ0v) is 15.2. The van der Waals surface area contributed by atoms with Crippen LogP contribution in [0.15, 0.2) is 18.2 Å². The van der Waals surface area contributed by atoms with E-state index in [1.54, 1.807) is 18.2 Å². The van der Waals surface area contributed by atoms with Gasteiger partial charge in [0.1, 0.15) is 0 Å². The standard InChI is InChI=1S/C18H26ClN3O2/c1-18(2,3)9-16(23)21-12-6-7-14(19)13(8-12)17(24)22-15(10-20)11-4-5-11/h6-8,11,15H,4-5,9-10,20H2,1-3H3,(H,21,23)(H,22,24). The van der Waals surface area contributed by atoms with Crippen molar-refractivity contribution in [3.63, 3.8) is 0 Å². The van der Waals surface area contributed by atoms with Crippen molar-refractivity contribution in [2.45, 2.75) is 46.1 Å². The molecule has 1 saturated carbocycles. The number of halogens is 1. The van der Waals surface area contributed by atoms with Gasteiger partial charge in [-0.25, -0.2) is 0 Å². The Labute approximate surface area is 148 Å². The maximum absolute atomic E-state index is 12.5. The van der Waals surface area contributed by atoms with Gasteiger partial charge in [-0.1, -0.05) is 32.4 Å². The maximum Gasteiger partial charge on any atom is 0.253 e. The highest BCUT2D eigenvalue weighted by molar-refractivity contribution is 6.34. The van der Waals surface area contributed by atoms with Crippen molar-refractivity contribution in [1.82, 2.24) is 5.32 Å². The van der Waals surface area contributed by atoms with E-state index in [2.05, 4.69) is 10.6 Å². The fourth-order valence-electron chi connectivity index (χ4n) is 2.58. The van der Waals surface area contributed by atoms with E-state index in [9.17, 15) is 9.59 Å². The fourth-order valence-corrected chi connectivity index (χ4v) is 2.78. The van der Waals surface area contributed by atoms with Gasteiger partial charge in [-0.15, -0.1) is 0 Å². The first kappa shape index (κ1) is 18.7. The average Bonchev–Trinajstić information content (AvgIpc) is 3.29. The van der Waals surface area contributed by atoms with Crippen LogP contribution in [0.4, 0.5) is 5.69 Å². The first-order valence-electron chi connectivity index (χ1n) is 8.30. The van der Waals surface area contributed by atoms with Crippen LogP contribution in [0.2, 0.25) is 5.02 Å². The highest BCUT2D eigenvalue weighted by Gasteiger charge is 2.31. The summed E-state index contributed by atoms with van der Waals surface area (Å²) in [7, 11) is 0. The lowest BCUT2D eigenvalue weighted by molar-refractivity contribution is -0.117. The van der Waals surface area contributed by atoms with Crippen LogP contribution in [0.5, 0.6) is 0 Å². The predicted octanol–water partition coefficient (Wildman–Crippen LogP) is 3.18. The Kier molecular flexibility index (Phi) is 5.88.